The van der Waals surface area contributed by atoms with Crippen LogP contribution in [0.4, 0.5) is 5.82 Å². The number of pyridine rings is 1. The van der Waals surface area contributed by atoms with Gasteiger partial charge in [0.1, 0.15) is 15.7 Å². The van der Waals surface area contributed by atoms with Crippen molar-refractivity contribution in [3.8, 4) is 0 Å². The number of sulfone groups is 1. The van der Waals surface area contributed by atoms with E-state index in [2.05, 4.69) is 25.8 Å². The molecule has 1 aromatic rings. The molecule has 0 spiro atoms. The monoisotopic (exact) mass is 346 g/mol. The van der Waals surface area contributed by atoms with Gasteiger partial charge < -0.3 is 4.90 Å². The Morgan fingerprint density at radius 2 is 2.26 bits per heavy atom. The molecule has 0 amide bonds. The number of hydrogen-bond donors (Lipinski definition) is 0. The van der Waals surface area contributed by atoms with Gasteiger partial charge in [-0.05, 0) is 53.2 Å². The topological polar surface area (TPSA) is 50.3 Å². The molecular weight excluding hydrogens is 328 g/mol. The Morgan fingerprint density at radius 1 is 1.53 bits per heavy atom. The van der Waals surface area contributed by atoms with Crippen LogP contribution in [0.3, 0.4) is 0 Å². The van der Waals surface area contributed by atoms with Crippen LogP contribution >= 0.6 is 15.9 Å². The fraction of sp³-hybridized carbons (Fsp3) is 0.615. The van der Waals surface area contributed by atoms with E-state index in [1.54, 1.807) is 6.20 Å². The van der Waals surface area contributed by atoms with E-state index in [-0.39, 0.29) is 11.7 Å². The van der Waals surface area contributed by atoms with Crippen LogP contribution in [0, 0.1) is 12.8 Å². The number of hydrogen-bond acceptors (Lipinski definition) is 4. The largest absolute Gasteiger partial charge is 0.356 e. The lowest BCUT2D eigenvalue weighted by Crippen LogP contribution is -2.38. The number of aryl methyl sites for hydroxylation is 1. The molecule has 106 valence electrons. The molecule has 0 aliphatic carbocycles. The zero-order chi connectivity index (χ0) is 14.0. The smallest absolute Gasteiger partial charge is 0.147 e. The molecule has 2 rings (SSSR count). The minimum Gasteiger partial charge on any atom is -0.356 e. The first-order valence-electron chi connectivity index (χ1n) is 6.40. The Balaban J connectivity index is 2.12. The van der Waals surface area contributed by atoms with Gasteiger partial charge in [0.2, 0.25) is 0 Å². The van der Waals surface area contributed by atoms with E-state index >= 15 is 0 Å². The van der Waals surface area contributed by atoms with Crippen molar-refractivity contribution < 1.29 is 8.42 Å². The molecule has 2 heterocycles. The molecule has 1 fully saturated rings. The Kier molecular flexibility index (Phi) is 4.50. The van der Waals surface area contributed by atoms with Crippen LogP contribution in [-0.2, 0) is 9.84 Å². The summed E-state index contributed by atoms with van der Waals surface area (Å²) >= 11 is 3.41. The van der Waals surface area contributed by atoms with E-state index in [1.807, 2.05) is 13.0 Å². The summed E-state index contributed by atoms with van der Waals surface area (Å²) < 4.78 is 23.8. The number of aromatic nitrogens is 1. The van der Waals surface area contributed by atoms with Gasteiger partial charge in [-0.15, -0.1) is 0 Å². The standard InChI is InChI=1S/C13H19BrN2O2S/c1-10-6-12(14)7-15-13(10)16-5-3-4-11(8-16)9-19(2,17)18/h6-7,11H,3-5,8-9H2,1-2H3. The van der Waals surface area contributed by atoms with Crippen molar-refractivity contribution in [2.75, 3.05) is 30.0 Å². The van der Waals surface area contributed by atoms with E-state index in [0.717, 1.165) is 41.8 Å². The first-order chi connectivity index (χ1) is 8.85. The number of anilines is 1. The lowest BCUT2D eigenvalue weighted by atomic mass is 10.00. The zero-order valence-corrected chi connectivity index (χ0v) is 13.7. The van der Waals surface area contributed by atoms with Crippen molar-refractivity contribution in [2.45, 2.75) is 19.8 Å². The van der Waals surface area contributed by atoms with Gasteiger partial charge in [-0.25, -0.2) is 13.4 Å². The zero-order valence-electron chi connectivity index (χ0n) is 11.3. The Hall–Kier alpha value is -0.620. The van der Waals surface area contributed by atoms with E-state index in [9.17, 15) is 8.42 Å². The van der Waals surface area contributed by atoms with Crippen LogP contribution in [0.25, 0.3) is 0 Å². The van der Waals surface area contributed by atoms with Gasteiger partial charge in [-0.3, -0.25) is 0 Å². The summed E-state index contributed by atoms with van der Waals surface area (Å²) in [7, 11) is -2.90. The molecule has 0 aromatic carbocycles. The fourth-order valence-electron chi connectivity index (χ4n) is 2.69. The molecule has 1 aromatic heterocycles. The summed E-state index contributed by atoms with van der Waals surface area (Å²) in [4.78, 5) is 6.67. The molecular formula is C13H19BrN2O2S. The third-order valence-electron chi connectivity index (χ3n) is 3.37. The first kappa shape index (κ1) is 14.8. The maximum Gasteiger partial charge on any atom is 0.147 e. The third kappa shape index (κ3) is 4.18. The number of rotatable bonds is 3. The molecule has 1 aliphatic heterocycles. The van der Waals surface area contributed by atoms with Gasteiger partial charge in [0, 0.05) is 30.0 Å². The van der Waals surface area contributed by atoms with Gasteiger partial charge in [0.05, 0.1) is 5.75 Å². The maximum atomic E-state index is 11.4. The number of piperidine rings is 1. The summed E-state index contributed by atoms with van der Waals surface area (Å²) in [6.45, 7) is 3.77. The molecule has 1 aliphatic rings. The van der Waals surface area contributed by atoms with Crippen molar-refractivity contribution in [2.24, 2.45) is 5.92 Å². The summed E-state index contributed by atoms with van der Waals surface area (Å²) in [5.41, 5.74) is 1.12. The summed E-state index contributed by atoms with van der Waals surface area (Å²) in [6.07, 6.45) is 5.12. The molecule has 1 unspecified atom stereocenters. The van der Waals surface area contributed by atoms with E-state index in [0.29, 0.717) is 0 Å². The van der Waals surface area contributed by atoms with Crippen LogP contribution in [0.2, 0.25) is 0 Å². The molecule has 6 heteroatoms. The van der Waals surface area contributed by atoms with Crippen LogP contribution in [0.5, 0.6) is 0 Å². The van der Waals surface area contributed by atoms with E-state index in [4.69, 9.17) is 0 Å². The molecule has 19 heavy (non-hydrogen) atoms. The van der Waals surface area contributed by atoms with Crippen molar-refractivity contribution in [1.29, 1.82) is 0 Å². The Labute approximate surface area is 123 Å². The van der Waals surface area contributed by atoms with Crippen molar-refractivity contribution >= 4 is 31.6 Å². The van der Waals surface area contributed by atoms with Crippen LogP contribution in [0.15, 0.2) is 16.7 Å². The molecule has 0 bridgehead atoms. The van der Waals surface area contributed by atoms with Crippen LogP contribution < -0.4 is 4.90 Å². The highest BCUT2D eigenvalue weighted by Gasteiger charge is 2.24. The lowest BCUT2D eigenvalue weighted by molar-refractivity contribution is 0.442. The SMILES string of the molecule is Cc1cc(Br)cnc1N1CCCC(CS(C)(=O)=O)C1. The van der Waals surface area contributed by atoms with Gasteiger partial charge in [0.25, 0.3) is 0 Å². The molecule has 0 N–H and O–H groups in total. The Bertz CT molecular complexity index is 560. The average Bonchev–Trinajstić information content (AvgIpc) is 2.26. The summed E-state index contributed by atoms with van der Waals surface area (Å²) in [5.74, 6) is 1.47. The maximum absolute atomic E-state index is 11.4. The molecule has 1 atom stereocenters. The molecule has 4 nitrogen and oxygen atoms in total. The first-order valence-corrected chi connectivity index (χ1v) is 9.25. The van der Waals surface area contributed by atoms with E-state index < -0.39 is 9.84 Å². The third-order valence-corrected chi connectivity index (χ3v) is 4.88. The van der Waals surface area contributed by atoms with Gasteiger partial charge >= 0.3 is 0 Å². The van der Waals surface area contributed by atoms with Crippen molar-refractivity contribution in [3.05, 3.63) is 22.3 Å². The second kappa shape index (κ2) is 5.79. The highest BCUT2D eigenvalue weighted by Crippen LogP contribution is 2.26. The minimum atomic E-state index is -2.90. The van der Waals surface area contributed by atoms with Gasteiger partial charge in [0.15, 0.2) is 0 Å². The fourth-order valence-corrected chi connectivity index (χ4v) is 4.26. The summed E-state index contributed by atoms with van der Waals surface area (Å²) in [6, 6.07) is 2.04. The van der Waals surface area contributed by atoms with Gasteiger partial charge in [-0.2, -0.15) is 0 Å². The predicted molar refractivity (Wildman–Crippen MR) is 81.3 cm³/mol. The van der Waals surface area contributed by atoms with Crippen LogP contribution in [0.1, 0.15) is 18.4 Å². The minimum absolute atomic E-state index is 0.216. The number of halogens is 1. The Morgan fingerprint density at radius 3 is 2.89 bits per heavy atom. The number of nitrogens with zero attached hydrogens (tertiary/aromatic N) is 2. The van der Waals surface area contributed by atoms with E-state index in [1.165, 1.54) is 6.26 Å². The second-order valence-corrected chi connectivity index (χ2v) is 8.44. The quantitative estimate of drug-likeness (QED) is 0.843. The molecule has 0 radical (unpaired) electrons. The van der Waals surface area contributed by atoms with Gasteiger partial charge in [-0.1, -0.05) is 0 Å². The molecule has 1 saturated heterocycles. The highest BCUT2D eigenvalue weighted by atomic mass is 79.9. The second-order valence-electron chi connectivity index (χ2n) is 5.34. The average molecular weight is 347 g/mol. The van der Waals surface area contributed by atoms with Crippen LogP contribution in [-0.4, -0.2) is 38.5 Å². The predicted octanol–water partition coefficient (Wildman–Crippen LogP) is 2.41. The summed E-state index contributed by atoms with van der Waals surface area (Å²) in [5, 5.41) is 0. The van der Waals surface area contributed by atoms with Crippen molar-refractivity contribution in [1.82, 2.24) is 4.98 Å². The lowest BCUT2D eigenvalue weighted by Gasteiger charge is -2.34. The molecule has 0 saturated carbocycles. The normalized spacial score (nSPS) is 20.6. The highest BCUT2D eigenvalue weighted by molar-refractivity contribution is 9.10. The van der Waals surface area contributed by atoms with Crippen molar-refractivity contribution in [3.63, 3.8) is 0 Å².